The minimum atomic E-state index is -2.32. The lowest BCUT2D eigenvalue weighted by atomic mass is 9.77. The SMILES string of the molecule is CC1=C(S(=O)F)C(C)CC(C(C)(C)C)=C1. The molecule has 15 heavy (non-hydrogen) atoms. The van der Waals surface area contributed by atoms with Crippen molar-refractivity contribution in [1.29, 1.82) is 0 Å². The Labute approximate surface area is 94.2 Å². The van der Waals surface area contributed by atoms with Crippen LogP contribution in [0.4, 0.5) is 3.89 Å². The van der Waals surface area contributed by atoms with Gasteiger partial charge in [0.1, 0.15) is 0 Å². The van der Waals surface area contributed by atoms with Gasteiger partial charge in [-0.2, -0.15) is 0 Å². The molecule has 86 valence electrons. The van der Waals surface area contributed by atoms with E-state index in [9.17, 15) is 8.09 Å². The van der Waals surface area contributed by atoms with Gasteiger partial charge < -0.3 is 0 Å². The number of hydrogen-bond donors (Lipinski definition) is 0. The molecule has 0 saturated carbocycles. The summed E-state index contributed by atoms with van der Waals surface area (Å²) in [6.45, 7) is 10.2. The second-order valence-electron chi connectivity index (χ2n) is 5.30. The zero-order valence-electron chi connectivity index (χ0n) is 10.1. The first-order chi connectivity index (χ1) is 6.73. The van der Waals surface area contributed by atoms with Crippen molar-refractivity contribution in [3.05, 3.63) is 22.1 Å². The van der Waals surface area contributed by atoms with Crippen LogP contribution in [0.1, 0.15) is 41.0 Å². The molecule has 0 fully saturated rings. The van der Waals surface area contributed by atoms with Crippen molar-refractivity contribution >= 4 is 11.2 Å². The van der Waals surface area contributed by atoms with E-state index in [0.29, 0.717) is 4.91 Å². The maximum atomic E-state index is 12.9. The maximum absolute atomic E-state index is 12.9. The second-order valence-corrected chi connectivity index (χ2v) is 6.18. The molecule has 0 spiro atoms. The van der Waals surface area contributed by atoms with Crippen LogP contribution in [0.2, 0.25) is 0 Å². The molecular weight excluding hydrogens is 211 g/mol. The van der Waals surface area contributed by atoms with Gasteiger partial charge in [0, 0.05) is 0 Å². The van der Waals surface area contributed by atoms with E-state index in [4.69, 9.17) is 0 Å². The molecule has 0 aromatic rings. The summed E-state index contributed by atoms with van der Waals surface area (Å²) in [5, 5.41) is 0. The summed E-state index contributed by atoms with van der Waals surface area (Å²) in [6, 6.07) is 0. The minimum Gasteiger partial charge on any atom is -0.219 e. The Hall–Kier alpha value is -0.440. The lowest BCUT2D eigenvalue weighted by molar-refractivity contribution is 0.456. The van der Waals surface area contributed by atoms with Crippen LogP contribution in [0.25, 0.3) is 0 Å². The lowest BCUT2D eigenvalue weighted by Crippen LogP contribution is -2.18. The summed E-state index contributed by atoms with van der Waals surface area (Å²) in [5.74, 6) is 0.0510. The third-order valence-corrected chi connectivity index (χ3v) is 3.96. The van der Waals surface area contributed by atoms with E-state index in [1.54, 1.807) is 0 Å². The molecule has 2 unspecified atom stereocenters. The molecule has 0 amide bonds. The number of rotatable bonds is 1. The third-order valence-electron chi connectivity index (χ3n) is 2.89. The molecule has 0 radical (unpaired) electrons. The molecular formula is C12H19FOS. The van der Waals surface area contributed by atoms with E-state index >= 15 is 0 Å². The maximum Gasteiger partial charge on any atom is 0.227 e. The summed E-state index contributed by atoms with van der Waals surface area (Å²) >= 11 is -2.32. The smallest absolute Gasteiger partial charge is 0.219 e. The third kappa shape index (κ3) is 2.77. The van der Waals surface area contributed by atoms with Crippen LogP contribution in [-0.2, 0) is 11.2 Å². The van der Waals surface area contributed by atoms with Gasteiger partial charge >= 0.3 is 0 Å². The number of halogens is 1. The molecule has 2 atom stereocenters. The molecule has 0 bridgehead atoms. The highest BCUT2D eigenvalue weighted by Gasteiger charge is 2.28. The Morgan fingerprint density at radius 3 is 2.33 bits per heavy atom. The summed E-state index contributed by atoms with van der Waals surface area (Å²) in [4.78, 5) is 0.461. The predicted molar refractivity (Wildman–Crippen MR) is 63.3 cm³/mol. The Kier molecular flexibility index (Phi) is 3.54. The topological polar surface area (TPSA) is 17.1 Å². The second kappa shape index (κ2) is 4.20. The zero-order chi connectivity index (χ0) is 11.8. The van der Waals surface area contributed by atoms with Crippen LogP contribution in [0.15, 0.2) is 22.1 Å². The van der Waals surface area contributed by atoms with Gasteiger partial charge in [-0.05, 0) is 30.3 Å². The van der Waals surface area contributed by atoms with E-state index in [0.717, 1.165) is 12.0 Å². The Bertz CT molecular complexity index is 347. The van der Waals surface area contributed by atoms with Crippen molar-refractivity contribution in [3.8, 4) is 0 Å². The summed E-state index contributed by atoms with van der Waals surface area (Å²) in [7, 11) is 0. The van der Waals surface area contributed by atoms with E-state index in [1.165, 1.54) is 5.57 Å². The molecule has 0 aromatic heterocycles. The fourth-order valence-corrected chi connectivity index (χ4v) is 2.72. The molecule has 0 aromatic carbocycles. The molecule has 0 aliphatic heterocycles. The number of hydrogen-bond acceptors (Lipinski definition) is 1. The fraction of sp³-hybridized carbons (Fsp3) is 0.667. The zero-order valence-corrected chi connectivity index (χ0v) is 10.9. The molecule has 0 heterocycles. The van der Waals surface area contributed by atoms with E-state index in [2.05, 4.69) is 20.8 Å². The molecule has 1 aliphatic carbocycles. The van der Waals surface area contributed by atoms with Crippen LogP contribution in [0, 0.1) is 11.3 Å². The molecule has 1 aliphatic rings. The van der Waals surface area contributed by atoms with Gasteiger partial charge in [0.15, 0.2) is 0 Å². The van der Waals surface area contributed by atoms with Crippen LogP contribution in [-0.4, -0.2) is 4.21 Å². The van der Waals surface area contributed by atoms with Crippen molar-refractivity contribution in [1.82, 2.24) is 0 Å². The first kappa shape index (κ1) is 12.6. The van der Waals surface area contributed by atoms with Crippen LogP contribution < -0.4 is 0 Å². The standard InChI is InChI=1S/C12H19FOS/c1-8-6-10(12(3,4)5)7-9(2)11(8)15(13)14/h6,9H,7H2,1-5H3. The summed E-state index contributed by atoms with van der Waals surface area (Å²) < 4.78 is 23.8. The van der Waals surface area contributed by atoms with E-state index in [-0.39, 0.29) is 11.3 Å². The van der Waals surface area contributed by atoms with Gasteiger partial charge in [0.25, 0.3) is 0 Å². The van der Waals surface area contributed by atoms with Crippen molar-refractivity contribution in [3.63, 3.8) is 0 Å². The molecule has 1 rings (SSSR count). The Morgan fingerprint density at radius 2 is 2.00 bits per heavy atom. The van der Waals surface area contributed by atoms with Gasteiger partial charge in [-0.25, -0.2) is 4.21 Å². The van der Waals surface area contributed by atoms with Crippen molar-refractivity contribution in [2.24, 2.45) is 11.3 Å². The van der Waals surface area contributed by atoms with Gasteiger partial charge in [0.2, 0.25) is 11.2 Å². The average Bonchev–Trinajstić information content (AvgIpc) is 1.99. The van der Waals surface area contributed by atoms with Crippen molar-refractivity contribution in [2.45, 2.75) is 41.0 Å². The Balaban J connectivity index is 3.15. The highest BCUT2D eigenvalue weighted by atomic mass is 32.2. The normalized spacial score (nSPS) is 25.2. The van der Waals surface area contributed by atoms with Gasteiger partial charge in [0.05, 0.1) is 4.91 Å². The van der Waals surface area contributed by atoms with E-state index < -0.39 is 11.2 Å². The monoisotopic (exact) mass is 230 g/mol. The number of allylic oxidation sites excluding steroid dienone is 4. The molecule has 0 saturated heterocycles. The quantitative estimate of drug-likeness (QED) is 0.624. The van der Waals surface area contributed by atoms with Crippen molar-refractivity contribution in [2.75, 3.05) is 0 Å². The van der Waals surface area contributed by atoms with Gasteiger partial charge in [-0.1, -0.05) is 39.3 Å². The van der Waals surface area contributed by atoms with Crippen molar-refractivity contribution < 1.29 is 8.09 Å². The van der Waals surface area contributed by atoms with Gasteiger partial charge in [-0.3, -0.25) is 0 Å². The van der Waals surface area contributed by atoms with Crippen LogP contribution >= 0.6 is 0 Å². The first-order valence-electron chi connectivity index (χ1n) is 5.23. The fourth-order valence-electron chi connectivity index (χ4n) is 2.01. The Morgan fingerprint density at radius 1 is 1.47 bits per heavy atom. The van der Waals surface area contributed by atoms with Crippen LogP contribution in [0.5, 0.6) is 0 Å². The highest BCUT2D eigenvalue weighted by molar-refractivity contribution is 7.84. The molecule has 0 N–H and O–H groups in total. The summed E-state index contributed by atoms with van der Waals surface area (Å²) in [6.07, 6.45) is 2.80. The largest absolute Gasteiger partial charge is 0.227 e. The first-order valence-corrected chi connectivity index (χ1v) is 6.28. The summed E-state index contributed by atoms with van der Waals surface area (Å²) in [5.41, 5.74) is 2.25. The van der Waals surface area contributed by atoms with Crippen LogP contribution in [0.3, 0.4) is 0 Å². The molecule has 1 nitrogen and oxygen atoms in total. The van der Waals surface area contributed by atoms with E-state index in [1.807, 2.05) is 19.9 Å². The minimum absolute atomic E-state index is 0.0510. The molecule has 3 heteroatoms. The predicted octanol–water partition coefficient (Wildman–Crippen LogP) is 3.91. The van der Waals surface area contributed by atoms with Gasteiger partial charge in [-0.15, -0.1) is 3.89 Å². The average molecular weight is 230 g/mol. The lowest BCUT2D eigenvalue weighted by Gasteiger charge is -2.30. The highest BCUT2D eigenvalue weighted by Crippen LogP contribution is 2.39.